The van der Waals surface area contributed by atoms with E-state index in [-0.39, 0.29) is 18.3 Å². The highest BCUT2D eigenvalue weighted by Crippen LogP contribution is 2.36. The molecular formula is C22H22ClF3N2O4. The SMILES string of the molecule is CN(CC(=O)Nc1ccc(Cl)c(C(F)(F)F)c1)C(=O)c1ccc(OC[C@@H]2CCCO2)cc1. The number of anilines is 1. The van der Waals surface area contributed by atoms with Crippen LogP contribution < -0.4 is 10.1 Å². The lowest BCUT2D eigenvalue weighted by Crippen LogP contribution is -2.35. The van der Waals surface area contributed by atoms with Gasteiger partial charge in [0.05, 0.1) is 23.2 Å². The average Bonchev–Trinajstić information content (AvgIpc) is 3.26. The van der Waals surface area contributed by atoms with Crippen LogP contribution in [-0.2, 0) is 15.7 Å². The van der Waals surface area contributed by atoms with Crippen molar-refractivity contribution >= 4 is 29.1 Å². The molecule has 2 amide bonds. The fourth-order valence-corrected chi connectivity index (χ4v) is 3.41. The Kier molecular flexibility index (Phi) is 7.63. The molecule has 3 rings (SSSR count). The molecule has 10 heteroatoms. The van der Waals surface area contributed by atoms with Crippen LogP contribution >= 0.6 is 11.6 Å². The second kappa shape index (κ2) is 10.2. The second-order valence-electron chi connectivity index (χ2n) is 7.37. The van der Waals surface area contributed by atoms with Crippen LogP contribution in [0.5, 0.6) is 5.75 Å². The lowest BCUT2D eigenvalue weighted by molar-refractivity contribution is -0.137. The zero-order valence-electron chi connectivity index (χ0n) is 17.2. The van der Waals surface area contributed by atoms with Gasteiger partial charge in [0.2, 0.25) is 5.91 Å². The highest BCUT2D eigenvalue weighted by atomic mass is 35.5. The van der Waals surface area contributed by atoms with E-state index in [0.717, 1.165) is 36.5 Å². The molecule has 0 aliphatic carbocycles. The predicted molar refractivity (Wildman–Crippen MR) is 113 cm³/mol. The van der Waals surface area contributed by atoms with Gasteiger partial charge in [0.1, 0.15) is 12.4 Å². The number of carbonyl (C=O) groups excluding carboxylic acids is 2. The summed E-state index contributed by atoms with van der Waals surface area (Å²) in [7, 11) is 1.42. The molecule has 0 saturated carbocycles. The van der Waals surface area contributed by atoms with Crippen LogP contribution in [0.1, 0.15) is 28.8 Å². The van der Waals surface area contributed by atoms with Crippen molar-refractivity contribution in [3.63, 3.8) is 0 Å². The standard InChI is InChI=1S/C22H22ClF3N2O4/c1-28(12-20(29)27-15-6-9-19(23)18(11-15)22(24,25)26)21(30)14-4-7-16(8-5-14)32-13-17-3-2-10-31-17/h4-9,11,17H,2-3,10,12-13H2,1H3,(H,27,29)/t17-/m0/s1. The third-order valence-corrected chi connectivity index (χ3v) is 5.17. The van der Waals surface area contributed by atoms with Crippen molar-refractivity contribution in [2.24, 2.45) is 0 Å². The van der Waals surface area contributed by atoms with Crippen molar-refractivity contribution < 1.29 is 32.2 Å². The van der Waals surface area contributed by atoms with Crippen molar-refractivity contribution in [3.05, 3.63) is 58.6 Å². The molecule has 1 aliphatic heterocycles. The van der Waals surface area contributed by atoms with E-state index < -0.39 is 28.6 Å². The van der Waals surface area contributed by atoms with E-state index in [1.54, 1.807) is 24.3 Å². The van der Waals surface area contributed by atoms with Crippen molar-refractivity contribution in [3.8, 4) is 5.75 Å². The van der Waals surface area contributed by atoms with Crippen molar-refractivity contribution in [2.45, 2.75) is 25.1 Å². The average molecular weight is 471 g/mol. The molecule has 172 valence electrons. The summed E-state index contributed by atoms with van der Waals surface area (Å²) in [6.07, 6.45) is -2.60. The Morgan fingerprint density at radius 3 is 2.56 bits per heavy atom. The maximum atomic E-state index is 13.0. The van der Waals surface area contributed by atoms with Gasteiger partial charge >= 0.3 is 6.18 Å². The molecule has 1 heterocycles. The van der Waals surface area contributed by atoms with Crippen molar-refractivity contribution in [1.82, 2.24) is 4.90 Å². The first-order valence-electron chi connectivity index (χ1n) is 9.90. The molecule has 2 aromatic carbocycles. The number of hydrogen-bond donors (Lipinski definition) is 1. The number of alkyl halides is 3. The Bertz CT molecular complexity index is 961. The summed E-state index contributed by atoms with van der Waals surface area (Å²) in [6, 6.07) is 9.53. The number of benzene rings is 2. The van der Waals surface area contributed by atoms with Gasteiger partial charge < -0.3 is 19.7 Å². The molecule has 0 aromatic heterocycles. The number of nitrogens with one attached hydrogen (secondary N) is 1. The second-order valence-corrected chi connectivity index (χ2v) is 7.78. The summed E-state index contributed by atoms with van der Waals surface area (Å²) in [4.78, 5) is 25.9. The number of ether oxygens (including phenoxy) is 2. The topological polar surface area (TPSA) is 67.9 Å². The zero-order chi connectivity index (χ0) is 23.3. The number of carbonyl (C=O) groups is 2. The molecule has 6 nitrogen and oxygen atoms in total. The van der Waals surface area contributed by atoms with Gasteiger partial charge in [-0.2, -0.15) is 13.2 Å². The van der Waals surface area contributed by atoms with Gasteiger partial charge in [-0.15, -0.1) is 0 Å². The fourth-order valence-electron chi connectivity index (χ4n) is 3.19. The summed E-state index contributed by atoms with van der Waals surface area (Å²) in [5, 5.41) is 1.88. The first kappa shape index (κ1) is 23.9. The lowest BCUT2D eigenvalue weighted by atomic mass is 10.2. The van der Waals surface area contributed by atoms with Crippen LogP contribution in [0, 0.1) is 0 Å². The van der Waals surface area contributed by atoms with Gasteiger partial charge in [-0.05, 0) is 55.3 Å². The third kappa shape index (κ3) is 6.37. The van der Waals surface area contributed by atoms with Crippen LogP contribution in [0.3, 0.4) is 0 Å². The monoisotopic (exact) mass is 470 g/mol. The number of amides is 2. The van der Waals surface area contributed by atoms with Gasteiger partial charge in [-0.1, -0.05) is 11.6 Å². The summed E-state index contributed by atoms with van der Waals surface area (Å²) < 4.78 is 50.0. The number of halogens is 4. The number of nitrogens with zero attached hydrogens (tertiary/aromatic N) is 1. The van der Waals surface area contributed by atoms with E-state index in [1.165, 1.54) is 13.1 Å². The van der Waals surface area contributed by atoms with Gasteiger partial charge in [0.15, 0.2) is 0 Å². The van der Waals surface area contributed by atoms with Crippen LogP contribution in [0.25, 0.3) is 0 Å². The molecule has 1 aliphatic rings. The fraction of sp³-hybridized carbons (Fsp3) is 0.364. The summed E-state index contributed by atoms with van der Waals surface area (Å²) >= 11 is 5.57. The highest BCUT2D eigenvalue weighted by molar-refractivity contribution is 6.31. The molecule has 0 radical (unpaired) electrons. The van der Waals surface area contributed by atoms with E-state index in [2.05, 4.69) is 5.32 Å². The molecule has 32 heavy (non-hydrogen) atoms. The van der Waals surface area contributed by atoms with E-state index in [4.69, 9.17) is 21.1 Å². The Hall–Kier alpha value is -2.78. The Balaban J connectivity index is 1.54. The smallest absolute Gasteiger partial charge is 0.417 e. The van der Waals surface area contributed by atoms with E-state index in [0.29, 0.717) is 17.9 Å². The summed E-state index contributed by atoms with van der Waals surface area (Å²) in [6.45, 7) is 0.830. The van der Waals surface area contributed by atoms with Crippen LogP contribution in [0.15, 0.2) is 42.5 Å². The van der Waals surface area contributed by atoms with Crippen LogP contribution in [0.4, 0.5) is 18.9 Å². The molecule has 1 fully saturated rings. The minimum absolute atomic E-state index is 0.0692. The molecule has 1 atom stereocenters. The minimum Gasteiger partial charge on any atom is -0.491 e. The maximum Gasteiger partial charge on any atom is 0.417 e. The normalized spacial score (nSPS) is 16.0. The minimum atomic E-state index is -4.65. The predicted octanol–water partition coefficient (Wildman–Crippen LogP) is 4.63. The molecule has 0 spiro atoms. The van der Waals surface area contributed by atoms with Crippen LogP contribution in [-0.4, -0.2) is 49.6 Å². The molecular weight excluding hydrogens is 449 g/mol. The van der Waals surface area contributed by atoms with E-state index in [9.17, 15) is 22.8 Å². The Morgan fingerprint density at radius 1 is 1.22 bits per heavy atom. The van der Waals surface area contributed by atoms with Crippen molar-refractivity contribution in [2.75, 3.05) is 32.1 Å². The molecule has 1 saturated heterocycles. The van der Waals surface area contributed by atoms with E-state index >= 15 is 0 Å². The Morgan fingerprint density at radius 2 is 1.94 bits per heavy atom. The molecule has 1 N–H and O–H groups in total. The van der Waals surface area contributed by atoms with Crippen molar-refractivity contribution in [1.29, 1.82) is 0 Å². The lowest BCUT2D eigenvalue weighted by Gasteiger charge is -2.18. The molecule has 0 unspecified atom stereocenters. The summed E-state index contributed by atoms with van der Waals surface area (Å²) in [5.41, 5.74) is -0.779. The van der Waals surface area contributed by atoms with Gasteiger partial charge in [-0.3, -0.25) is 9.59 Å². The maximum absolute atomic E-state index is 13.0. The zero-order valence-corrected chi connectivity index (χ0v) is 18.0. The number of rotatable bonds is 7. The highest BCUT2D eigenvalue weighted by Gasteiger charge is 2.33. The number of hydrogen-bond acceptors (Lipinski definition) is 4. The van der Waals surface area contributed by atoms with Gasteiger partial charge in [0, 0.05) is 24.9 Å². The largest absolute Gasteiger partial charge is 0.491 e. The third-order valence-electron chi connectivity index (χ3n) is 4.84. The first-order valence-corrected chi connectivity index (χ1v) is 10.3. The quantitative estimate of drug-likeness (QED) is 0.641. The Labute approximate surface area is 188 Å². The first-order chi connectivity index (χ1) is 15.1. The molecule has 2 aromatic rings. The van der Waals surface area contributed by atoms with Crippen LogP contribution in [0.2, 0.25) is 5.02 Å². The van der Waals surface area contributed by atoms with Gasteiger partial charge in [0.25, 0.3) is 5.91 Å². The number of likely N-dealkylation sites (N-methyl/N-ethyl adjacent to an activating group) is 1. The van der Waals surface area contributed by atoms with Gasteiger partial charge in [-0.25, -0.2) is 0 Å². The summed E-state index contributed by atoms with van der Waals surface area (Å²) in [5.74, 6) is -0.466. The molecule has 0 bridgehead atoms. The van der Waals surface area contributed by atoms with E-state index in [1.807, 2.05) is 0 Å².